The SMILES string of the molecule is CCCCC[Si]1(CCCCC)C2=Cc3c(-c4ccc(C)cc4)cccc3[CH]2[Hf]([CH3])([CH3])[CH]2C1=Cc1c(-c3ccc(C)cc3)cccc12. The predicted molar refractivity (Wildman–Crippen MR) is 201 cm³/mol. The Kier molecular flexibility index (Phi) is 8.92. The third-order valence-electron chi connectivity index (χ3n) is 11.9. The zero-order valence-corrected chi connectivity index (χ0v) is 33.6. The first kappa shape index (κ1) is 32.0. The summed E-state index contributed by atoms with van der Waals surface area (Å²) < 4.78 is 7.06. The average Bonchev–Trinajstić information content (AvgIpc) is 3.66. The second-order valence-corrected chi connectivity index (χ2v) is 36.8. The Morgan fingerprint density at radius 2 is 0.957 bits per heavy atom. The second kappa shape index (κ2) is 12.8. The van der Waals surface area contributed by atoms with Crippen molar-refractivity contribution in [2.45, 2.75) is 95.0 Å². The minimum absolute atomic E-state index is 0.693. The Labute approximate surface area is 284 Å². The van der Waals surface area contributed by atoms with Crippen LogP contribution in [0.5, 0.6) is 0 Å². The Hall–Kier alpha value is -2.55. The fourth-order valence-electron chi connectivity index (χ4n) is 9.60. The molecule has 4 aromatic carbocycles. The molecule has 1 saturated heterocycles. The van der Waals surface area contributed by atoms with Crippen LogP contribution in [0.1, 0.15) is 93.1 Å². The summed E-state index contributed by atoms with van der Waals surface area (Å²) in [6, 6.07) is 36.1. The topological polar surface area (TPSA) is 0 Å². The van der Waals surface area contributed by atoms with E-state index in [1.54, 1.807) is 22.3 Å². The van der Waals surface area contributed by atoms with Crippen LogP contribution in [0, 0.1) is 13.8 Å². The third kappa shape index (κ3) is 5.27. The molecule has 0 aromatic heterocycles. The number of unbranched alkanes of at least 4 members (excludes halogenated alkanes) is 4. The molecule has 1 fully saturated rings. The fraction of sp³-hybridized carbons (Fsp3) is 0.364. The Morgan fingerprint density at radius 1 is 0.543 bits per heavy atom. The molecule has 236 valence electrons. The van der Waals surface area contributed by atoms with Gasteiger partial charge in [0.1, 0.15) is 0 Å². The molecule has 0 nitrogen and oxygen atoms in total. The molecule has 0 amide bonds. The van der Waals surface area contributed by atoms with Crippen LogP contribution in [0.4, 0.5) is 0 Å². The zero-order valence-electron chi connectivity index (χ0n) is 29.0. The summed E-state index contributed by atoms with van der Waals surface area (Å²) in [5.74, 6) is 0. The van der Waals surface area contributed by atoms with Crippen LogP contribution in [0.25, 0.3) is 34.4 Å². The summed E-state index contributed by atoms with van der Waals surface area (Å²) in [6.07, 6.45) is 13.7. The summed E-state index contributed by atoms with van der Waals surface area (Å²) in [5, 5.41) is 3.90. The number of fused-ring (bicyclic) bond motifs is 6. The van der Waals surface area contributed by atoms with Crippen molar-refractivity contribution >= 4 is 20.2 Å². The van der Waals surface area contributed by atoms with Gasteiger partial charge in [-0.1, -0.05) is 0 Å². The molecule has 46 heavy (non-hydrogen) atoms. The van der Waals surface area contributed by atoms with Gasteiger partial charge < -0.3 is 0 Å². The molecule has 2 atom stereocenters. The van der Waals surface area contributed by atoms with E-state index in [9.17, 15) is 0 Å². The van der Waals surface area contributed by atoms with Gasteiger partial charge in [-0.2, -0.15) is 0 Å². The molecule has 3 aliphatic rings. The number of allylic oxidation sites excluding steroid dienone is 2. The van der Waals surface area contributed by atoms with Gasteiger partial charge in [-0.25, -0.2) is 0 Å². The number of hydrogen-bond acceptors (Lipinski definition) is 0. The molecule has 0 radical (unpaired) electrons. The normalized spacial score (nSPS) is 20.0. The zero-order chi connectivity index (χ0) is 32.1. The Balaban J connectivity index is 1.47. The maximum absolute atomic E-state index is 3.10. The van der Waals surface area contributed by atoms with Crippen molar-refractivity contribution < 1.29 is 20.0 Å². The van der Waals surface area contributed by atoms with E-state index in [1.807, 2.05) is 10.4 Å². The summed E-state index contributed by atoms with van der Waals surface area (Å²) in [6.45, 7) is 9.17. The van der Waals surface area contributed by atoms with Crippen molar-refractivity contribution in [2.24, 2.45) is 0 Å². The molecule has 0 bridgehead atoms. The van der Waals surface area contributed by atoms with E-state index in [1.165, 1.54) is 84.0 Å². The summed E-state index contributed by atoms with van der Waals surface area (Å²) in [4.78, 5) is 0. The number of aryl methyl sites for hydroxylation is 2. The van der Waals surface area contributed by atoms with Crippen LogP contribution in [0.15, 0.2) is 95.3 Å². The molecule has 1 aliphatic heterocycles. The predicted octanol–water partition coefficient (Wildman–Crippen LogP) is 13.4. The number of benzene rings is 4. The fourth-order valence-corrected chi connectivity index (χ4v) is 42.5. The van der Waals surface area contributed by atoms with Crippen molar-refractivity contribution in [1.82, 2.24) is 0 Å². The first-order chi connectivity index (χ1) is 22.3. The standard InChI is InChI=1S/C42H46Si.2CH3.Hf/c1-5-7-9-25-43(26-10-8-6-2,37-27-35-13-11-15-39(41(35)29-37)33-21-17-31(3)18-22-33)38-28-36-14-12-16-40(42(36)30-38)34-23-19-32(4)20-24-34;;;/h11-24,27-30H,5-10,25-26H2,1-4H3;2*1H3;. The van der Waals surface area contributed by atoms with E-state index in [4.69, 9.17) is 0 Å². The molecule has 1 heterocycles. The van der Waals surface area contributed by atoms with E-state index in [2.05, 4.69) is 134 Å². The molecule has 0 N–H and O–H groups in total. The van der Waals surface area contributed by atoms with Gasteiger partial charge in [0.05, 0.1) is 0 Å². The van der Waals surface area contributed by atoms with E-state index >= 15 is 0 Å². The van der Waals surface area contributed by atoms with Gasteiger partial charge in [0, 0.05) is 0 Å². The van der Waals surface area contributed by atoms with E-state index in [0.29, 0.717) is 7.35 Å². The van der Waals surface area contributed by atoms with Crippen LogP contribution in [-0.2, 0) is 20.0 Å². The number of rotatable bonds is 10. The van der Waals surface area contributed by atoms with Gasteiger partial charge in [0.2, 0.25) is 0 Å². The maximum atomic E-state index is 2.84. The molecule has 2 unspecified atom stereocenters. The minimum atomic E-state index is -3.10. The molecule has 0 spiro atoms. The van der Waals surface area contributed by atoms with Gasteiger partial charge in [0.15, 0.2) is 0 Å². The third-order valence-corrected chi connectivity index (χ3v) is 34.6. The molecule has 0 saturated carbocycles. The van der Waals surface area contributed by atoms with E-state index in [0.717, 1.165) is 0 Å². The van der Waals surface area contributed by atoms with Crippen LogP contribution >= 0.6 is 0 Å². The van der Waals surface area contributed by atoms with E-state index in [-0.39, 0.29) is 0 Å². The van der Waals surface area contributed by atoms with Gasteiger partial charge >= 0.3 is 286 Å². The van der Waals surface area contributed by atoms with Gasteiger partial charge in [-0.3, -0.25) is 0 Å². The molecule has 2 heteroatoms. The molecule has 2 aliphatic carbocycles. The van der Waals surface area contributed by atoms with Crippen molar-refractivity contribution in [2.75, 3.05) is 0 Å². The van der Waals surface area contributed by atoms with Gasteiger partial charge in [0.25, 0.3) is 0 Å². The first-order valence-corrected chi connectivity index (χ1v) is 31.9. The van der Waals surface area contributed by atoms with E-state index < -0.39 is 28.0 Å². The van der Waals surface area contributed by atoms with Gasteiger partial charge in [-0.05, 0) is 0 Å². The molecule has 4 aromatic rings. The monoisotopic (exact) mass is 788 g/mol. The van der Waals surface area contributed by atoms with Crippen LogP contribution in [0.2, 0.25) is 21.4 Å². The van der Waals surface area contributed by atoms with Crippen molar-refractivity contribution in [1.29, 1.82) is 0 Å². The van der Waals surface area contributed by atoms with Crippen LogP contribution in [0.3, 0.4) is 0 Å². The average molecular weight is 787 g/mol. The second-order valence-electron chi connectivity index (χ2n) is 15.2. The van der Waals surface area contributed by atoms with Crippen LogP contribution < -0.4 is 0 Å². The van der Waals surface area contributed by atoms with Crippen molar-refractivity contribution in [3.05, 3.63) is 129 Å². The number of hydrogen-bond donors (Lipinski definition) is 0. The van der Waals surface area contributed by atoms with Gasteiger partial charge in [-0.15, -0.1) is 0 Å². The van der Waals surface area contributed by atoms with Crippen LogP contribution in [-0.4, -0.2) is 8.07 Å². The molecular weight excluding hydrogens is 735 g/mol. The summed E-state index contributed by atoms with van der Waals surface area (Å²) in [7, 11) is -1.99. The summed E-state index contributed by atoms with van der Waals surface area (Å²) >= 11 is -3.10. The Morgan fingerprint density at radius 3 is 1.35 bits per heavy atom. The Bertz CT molecular complexity index is 1670. The van der Waals surface area contributed by atoms with Crippen molar-refractivity contribution in [3.8, 4) is 22.3 Å². The summed E-state index contributed by atoms with van der Waals surface area (Å²) in [5.41, 5.74) is 14.8. The van der Waals surface area contributed by atoms with Crippen molar-refractivity contribution in [3.63, 3.8) is 0 Å². The molecule has 7 rings (SSSR count). The quantitative estimate of drug-likeness (QED) is 0.111. The molecular formula is C44H52HfSi. The first-order valence-electron chi connectivity index (χ1n) is 18.1.